The molecule has 0 unspecified atom stereocenters. The van der Waals surface area contributed by atoms with E-state index in [-0.39, 0.29) is 23.9 Å². The van der Waals surface area contributed by atoms with E-state index in [0.29, 0.717) is 11.1 Å². The van der Waals surface area contributed by atoms with Gasteiger partial charge in [0, 0.05) is 0 Å². The van der Waals surface area contributed by atoms with Gasteiger partial charge in [-0.3, -0.25) is 4.79 Å². The molecule has 0 spiro atoms. The van der Waals surface area contributed by atoms with Crippen molar-refractivity contribution in [1.29, 1.82) is 0 Å². The van der Waals surface area contributed by atoms with Gasteiger partial charge in [-0.2, -0.15) is 5.10 Å². The molecule has 0 radical (unpaired) electrons. The number of amides is 1. The maximum Gasteiger partial charge on any atom is 0.244 e. The van der Waals surface area contributed by atoms with Crippen molar-refractivity contribution in [3.05, 3.63) is 65.2 Å². The molecule has 0 fully saturated rings. The highest BCUT2D eigenvalue weighted by Crippen LogP contribution is 2.16. The topological polar surface area (TPSA) is 50.7 Å². The molecular weight excluding hydrogens is 290 g/mol. The summed E-state index contributed by atoms with van der Waals surface area (Å²) in [7, 11) is 1.38. The SMILES string of the molecule is COc1ccc(/C=N\NC(=O)Cc2ccc(F)cc2)cc1F. The summed E-state index contributed by atoms with van der Waals surface area (Å²) in [6.07, 6.45) is 1.40. The van der Waals surface area contributed by atoms with Crippen molar-refractivity contribution in [1.82, 2.24) is 5.43 Å². The van der Waals surface area contributed by atoms with Gasteiger partial charge in [0.1, 0.15) is 5.82 Å². The van der Waals surface area contributed by atoms with Crippen LogP contribution >= 0.6 is 0 Å². The van der Waals surface area contributed by atoms with Crippen LogP contribution in [0.4, 0.5) is 8.78 Å². The molecular formula is C16H14F2N2O2. The van der Waals surface area contributed by atoms with Crippen LogP contribution in [0.25, 0.3) is 0 Å². The molecule has 0 aliphatic rings. The Morgan fingerprint density at radius 3 is 2.59 bits per heavy atom. The molecule has 0 aliphatic heterocycles. The van der Waals surface area contributed by atoms with Gasteiger partial charge in [-0.05, 0) is 41.5 Å². The Morgan fingerprint density at radius 1 is 1.23 bits per heavy atom. The van der Waals surface area contributed by atoms with Gasteiger partial charge in [0.05, 0.1) is 19.7 Å². The molecule has 1 N–H and O–H groups in total. The molecule has 0 saturated carbocycles. The summed E-state index contributed by atoms with van der Waals surface area (Å²) in [5, 5.41) is 3.75. The van der Waals surface area contributed by atoms with E-state index in [1.54, 1.807) is 6.07 Å². The van der Waals surface area contributed by atoms with E-state index >= 15 is 0 Å². The Balaban J connectivity index is 1.90. The summed E-state index contributed by atoms with van der Waals surface area (Å²) in [6, 6.07) is 9.94. The minimum absolute atomic E-state index is 0.0780. The van der Waals surface area contributed by atoms with E-state index in [1.165, 1.54) is 49.7 Å². The molecule has 2 rings (SSSR count). The number of carbonyl (C=O) groups is 1. The van der Waals surface area contributed by atoms with E-state index in [1.807, 2.05) is 0 Å². The minimum Gasteiger partial charge on any atom is -0.494 e. The summed E-state index contributed by atoms with van der Waals surface area (Å²) in [6.45, 7) is 0. The van der Waals surface area contributed by atoms with Crippen LogP contribution in [0.1, 0.15) is 11.1 Å². The van der Waals surface area contributed by atoms with Crippen LogP contribution in [0.15, 0.2) is 47.6 Å². The maximum absolute atomic E-state index is 13.5. The number of halogens is 2. The summed E-state index contributed by atoms with van der Waals surface area (Å²) in [4.78, 5) is 11.6. The summed E-state index contributed by atoms with van der Waals surface area (Å²) < 4.78 is 31.0. The van der Waals surface area contributed by atoms with Gasteiger partial charge in [-0.25, -0.2) is 14.2 Å². The average Bonchev–Trinajstić information content (AvgIpc) is 2.50. The van der Waals surface area contributed by atoms with Crippen LogP contribution in [0.5, 0.6) is 5.75 Å². The smallest absolute Gasteiger partial charge is 0.244 e. The second-order valence-corrected chi connectivity index (χ2v) is 4.49. The molecule has 2 aromatic rings. The molecule has 2 aromatic carbocycles. The fourth-order valence-corrected chi connectivity index (χ4v) is 1.77. The fourth-order valence-electron chi connectivity index (χ4n) is 1.77. The van der Waals surface area contributed by atoms with Gasteiger partial charge in [0.2, 0.25) is 5.91 Å². The van der Waals surface area contributed by atoms with Crippen molar-refractivity contribution >= 4 is 12.1 Å². The largest absolute Gasteiger partial charge is 0.494 e. The van der Waals surface area contributed by atoms with Gasteiger partial charge in [-0.1, -0.05) is 12.1 Å². The minimum atomic E-state index is -0.510. The highest BCUT2D eigenvalue weighted by atomic mass is 19.1. The molecule has 22 heavy (non-hydrogen) atoms. The first-order valence-electron chi connectivity index (χ1n) is 6.48. The third-order valence-corrected chi connectivity index (χ3v) is 2.86. The van der Waals surface area contributed by atoms with Gasteiger partial charge < -0.3 is 4.74 Å². The van der Waals surface area contributed by atoms with Crippen molar-refractivity contribution in [3.8, 4) is 5.75 Å². The molecule has 0 bridgehead atoms. The first-order chi connectivity index (χ1) is 10.6. The number of nitrogens with one attached hydrogen (secondary N) is 1. The predicted molar refractivity (Wildman–Crippen MR) is 78.8 cm³/mol. The van der Waals surface area contributed by atoms with Crippen LogP contribution in [-0.2, 0) is 11.2 Å². The molecule has 0 aromatic heterocycles. The lowest BCUT2D eigenvalue weighted by molar-refractivity contribution is -0.120. The van der Waals surface area contributed by atoms with E-state index < -0.39 is 5.82 Å². The monoisotopic (exact) mass is 304 g/mol. The van der Waals surface area contributed by atoms with Crippen molar-refractivity contribution in [3.63, 3.8) is 0 Å². The van der Waals surface area contributed by atoms with Gasteiger partial charge >= 0.3 is 0 Å². The van der Waals surface area contributed by atoms with Crippen LogP contribution in [-0.4, -0.2) is 19.2 Å². The lowest BCUT2D eigenvalue weighted by atomic mass is 10.1. The molecule has 0 atom stereocenters. The summed E-state index contributed by atoms with van der Waals surface area (Å²) >= 11 is 0. The van der Waals surface area contributed by atoms with Crippen LogP contribution in [0.3, 0.4) is 0 Å². The Hall–Kier alpha value is -2.76. The van der Waals surface area contributed by atoms with Crippen LogP contribution in [0, 0.1) is 11.6 Å². The molecule has 4 nitrogen and oxygen atoms in total. The number of nitrogens with zero attached hydrogens (tertiary/aromatic N) is 1. The zero-order valence-corrected chi connectivity index (χ0v) is 11.8. The second kappa shape index (κ2) is 7.31. The number of hydrogen-bond donors (Lipinski definition) is 1. The average molecular weight is 304 g/mol. The standard InChI is InChI=1S/C16H14F2N2O2/c1-22-15-7-4-12(8-14(15)18)10-19-20-16(21)9-11-2-5-13(17)6-3-11/h2-8,10H,9H2,1H3,(H,20,21)/b19-10-. The zero-order chi connectivity index (χ0) is 15.9. The lowest BCUT2D eigenvalue weighted by Crippen LogP contribution is -2.19. The van der Waals surface area contributed by atoms with Gasteiger partial charge in [-0.15, -0.1) is 0 Å². The number of methoxy groups -OCH3 is 1. The molecule has 0 heterocycles. The number of hydrogen-bond acceptors (Lipinski definition) is 3. The Morgan fingerprint density at radius 2 is 1.95 bits per heavy atom. The predicted octanol–water partition coefficient (Wildman–Crippen LogP) is 2.67. The quantitative estimate of drug-likeness (QED) is 0.682. The first-order valence-corrected chi connectivity index (χ1v) is 6.48. The molecule has 0 saturated heterocycles. The Bertz CT molecular complexity index is 685. The van der Waals surface area contributed by atoms with E-state index in [4.69, 9.17) is 4.74 Å². The number of rotatable bonds is 5. The van der Waals surface area contributed by atoms with Crippen molar-refractivity contribution in [2.24, 2.45) is 5.10 Å². The Kier molecular flexibility index (Phi) is 5.19. The molecule has 0 aliphatic carbocycles. The third-order valence-electron chi connectivity index (χ3n) is 2.86. The highest BCUT2D eigenvalue weighted by Gasteiger charge is 2.03. The van der Waals surface area contributed by atoms with E-state index in [0.717, 1.165) is 0 Å². The van der Waals surface area contributed by atoms with Gasteiger partial charge in [0.25, 0.3) is 0 Å². The molecule has 6 heteroatoms. The second-order valence-electron chi connectivity index (χ2n) is 4.49. The Labute approximate surface area is 126 Å². The summed E-state index contributed by atoms with van der Waals surface area (Å²) in [5.41, 5.74) is 3.48. The first kappa shape index (κ1) is 15.6. The molecule has 1 amide bonds. The number of ether oxygens (including phenoxy) is 1. The lowest BCUT2D eigenvalue weighted by Gasteiger charge is -2.02. The highest BCUT2D eigenvalue weighted by molar-refractivity contribution is 5.83. The third kappa shape index (κ3) is 4.37. The number of hydrazone groups is 1. The van der Waals surface area contributed by atoms with E-state index in [9.17, 15) is 13.6 Å². The number of carbonyl (C=O) groups excluding carboxylic acids is 1. The molecule has 114 valence electrons. The summed E-state index contributed by atoms with van der Waals surface area (Å²) in [5.74, 6) is -1.08. The van der Waals surface area contributed by atoms with Crippen molar-refractivity contribution in [2.75, 3.05) is 7.11 Å². The normalized spacial score (nSPS) is 10.7. The van der Waals surface area contributed by atoms with Crippen LogP contribution < -0.4 is 10.2 Å². The number of benzene rings is 2. The van der Waals surface area contributed by atoms with Crippen molar-refractivity contribution in [2.45, 2.75) is 6.42 Å². The fraction of sp³-hybridized carbons (Fsp3) is 0.125. The van der Waals surface area contributed by atoms with Crippen molar-refractivity contribution < 1.29 is 18.3 Å². The van der Waals surface area contributed by atoms with E-state index in [2.05, 4.69) is 10.5 Å². The maximum atomic E-state index is 13.5. The zero-order valence-electron chi connectivity index (χ0n) is 11.8. The van der Waals surface area contributed by atoms with Gasteiger partial charge in [0.15, 0.2) is 11.6 Å². The van der Waals surface area contributed by atoms with Crippen LogP contribution in [0.2, 0.25) is 0 Å².